The molecule has 1 amide bonds. The van der Waals surface area contributed by atoms with Gasteiger partial charge in [-0.25, -0.2) is 9.37 Å². The Kier molecular flexibility index (Phi) is 7.16. The highest BCUT2D eigenvalue weighted by Crippen LogP contribution is 2.26. The average molecular weight is 461 g/mol. The molecule has 0 aliphatic carbocycles. The minimum absolute atomic E-state index is 0.180. The van der Waals surface area contributed by atoms with Gasteiger partial charge in [0.1, 0.15) is 5.82 Å². The molecular weight excluding hydrogens is 427 g/mol. The minimum Gasteiger partial charge on any atom is -0.351 e. The van der Waals surface area contributed by atoms with Crippen LogP contribution in [0, 0.1) is 5.82 Å². The monoisotopic (exact) mass is 460 g/mol. The van der Waals surface area contributed by atoms with Gasteiger partial charge in [0.2, 0.25) is 0 Å². The highest BCUT2D eigenvalue weighted by Gasteiger charge is 2.17. The maximum absolute atomic E-state index is 14.0. The molecule has 0 saturated carbocycles. The molecule has 3 aromatic rings. The van der Waals surface area contributed by atoms with Crippen LogP contribution in [-0.2, 0) is 6.54 Å². The van der Waals surface area contributed by atoms with E-state index in [1.54, 1.807) is 12.1 Å². The molecule has 0 bridgehead atoms. The van der Waals surface area contributed by atoms with Crippen molar-refractivity contribution in [3.05, 3.63) is 65.5 Å². The van der Waals surface area contributed by atoms with Crippen molar-refractivity contribution < 1.29 is 9.18 Å². The summed E-state index contributed by atoms with van der Waals surface area (Å²) in [4.78, 5) is 22.7. The van der Waals surface area contributed by atoms with Crippen LogP contribution in [-0.4, -0.2) is 60.0 Å². The van der Waals surface area contributed by atoms with Crippen molar-refractivity contribution in [2.75, 3.05) is 39.3 Å². The average Bonchev–Trinajstić information content (AvgIpc) is 3.38. The molecule has 5 rings (SSSR count). The number of likely N-dealkylation sites (tertiary alicyclic amines) is 2. The zero-order valence-electron chi connectivity index (χ0n) is 19.7. The van der Waals surface area contributed by atoms with Crippen molar-refractivity contribution in [3.8, 4) is 11.3 Å². The van der Waals surface area contributed by atoms with Crippen LogP contribution in [0.3, 0.4) is 0 Å². The van der Waals surface area contributed by atoms with E-state index in [-0.39, 0.29) is 11.7 Å². The molecule has 0 spiro atoms. The largest absolute Gasteiger partial charge is 0.351 e. The summed E-state index contributed by atoms with van der Waals surface area (Å²) in [5, 5.41) is 3.58. The molecule has 34 heavy (non-hydrogen) atoms. The Labute approximate surface area is 201 Å². The van der Waals surface area contributed by atoms with Gasteiger partial charge in [-0.05, 0) is 81.7 Å². The van der Waals surface area contributed by atoms with Crippen molar-refractivity contribution in [1.29, 1.82) is 0 Å². The van der Waals surface area contributed by atoms with E-state index in [4.69, 9.17) is 4.98 Å². The molecule has 2 fully saturated rings. The molecule has 1 aromatic heterocycles. The van der Waals surface area contributed by atoms with E-state index in [1.165, 1.54) is 62.9 Å². The Bertz CT molecular complexity index is 1140. The molecule has 1 N–H and O–H groups in total. The lowest BCUT2D eigenvalue weighted by atomic mass is 10.0. The van der Waals surface area contributed by atoms with Gasteiger partial charge in [0.05, 0.1) is 16.8 Å². The Morgan fingerprint density at radius 2 is 1.59 bits per heavy atom. The van der Waals surface area contributed by atoms with E-state index in [9.17, 15) is 9.18 Å². The molecule has 6 heteroatoms. The number of rotatable bonds is 7. The zero-order valence-corrected chi connectivity index (χ0v) is 19.7. The third-order valence-electron chi connectivity index (χ3n) is 7.03. The van der Waals surface area contributed by atoms with Crippen LogP contribution in [0.25, 0.3) is 22.2 Å². The Hall–Kier alpha value is -2.83. The molecule has 2 aliphatic rings. The van der Waals surface area contributed by atoms with Gasteiger partial charge in [0.15, 0.2) is 0 Å². The lowest BCUT2D eigenvalue weighted by Crippen LogP contribution is -2.33. The number of hydrogen-bond donors (Lipinski definition) is 1. The maximum atomic E-state index is 14.0. The van der Waals surface area contributed by atoms with Crippen LogP contribution in [0.5, 0.6) is 0 Å². The molecule has 3 heterocycles. The van der Waals surface area contributed by atoms with E-state index in [0.29, 0.717) is 23.0 Å². The molecule has 0 unspecified atom stereocenters. The second kappa shape index (κ2) is 10.6. The number of pyridine rings is 1. The highest BCUT2D eigenvalue weighted by molar-refractivity contribution is 6.07. The number of carbonyl (C=O) groups excluding carboxylic acids is 1. The van der Waals surface area contributed by atoms with Crippen LogP contribution in [0.4, 0.5) is 4.39 Å². The molecule has 0 atom stereocenters. The SMILES string of the molecule is O=C(NCCN1CCCC1)c1cc(-c2ccc(CN3CCCCC3)cc2)nc2ccc(F)cc12. The predicted octanol–water partition coefficient (Wildman–Crippen LogP) is 4.85. The highest BCUT2D eigenvalue weighted by atomic mass is 19.1. The summed E-state index contributed by atoms with van der Waals surface area (Å²) in [6.07, 6.45) is 6.34. The van der Waals surface area contributed by atoms with E-state index in [0.717, 1.165) is 37.4 Å². The molecule has 178 valence electrons. The van der Waals surface area contributed by atoms with Gasteiger partial charge in [-0.15, -0.1) is 0 Å². The van der Waals surface area contributed by atoms with E-state index < -0.39 is 0 Å². The first-order valence-electron chi connectivity index (χ1n) is 12.6. The fourth-order valence-corrected chi connectivity index (χ4v) is 5.12. The van der Waals surface area contributed by atoms with Crippen molar-refractivity contribution in [3.63, 3.8) is 0 Å². The van der Waals surface area contributed by atoms with Crippen LogP contribution >= 0.6 is 0 Å². The molecule has 2 saturated heterocycles. The summed E-state index contributed by atoms with van der Waals surface area (Å²) in [7, 11) is 0. The third kappa shape index (κ3) is 5.45. The summed E-state index contributed by atoms with van der Waals surface area (Å²) in [5.41, 5.74) is 4.07. The lowest BCUT2D eigenvalue weighted by Gasteiger charge is -2.26. The summed E-state index contributed by atoms with van der Waals surface area (Å²) >= 11 is 0. The number of fused-ring (bicyclic) bond motifs is 1. The third-order valence-corrected chi connectivity index (χ3v) is 7.03. The normalized spacial score (nSPS) is 17.3. The van der Waals surface area contributed by atoms with Crippen molar-refractivity contribution in [2.45, 2.75) is 38.6 Å². The number of halogens is 1. The summed E-state index contributed by atoms with van der Waals surface area (Å²) < 4.78 is 14.0. The molecule has 0 radical (unpaired) electrons. The molecule has 2 aromatic carbocycles. The number of nitrogens with zero attached hydrogens (tertiary/aromatic N) is 3. The van der Waals surface area contributed by atoms with E-state index in [2.05, 4.69) is 39.4 Å². The summed E-state index contributed by atoms with van der Waals surface area (Å²) in [6.45, 7) is 6.91. The Morgan fingerprint density at radius 1 is 0.882 bits per heavy atom. The van der Waals surface area contributed by atoms with Gasteiger partial charge in [-0.1, -0.05) is 30.7 Å². The van der Waals surface area contributed by atoms with Gasteiger partial charge in [0, 0.05) is 30.6 Å². The fraction of sp³-hybridized carbons (Fsp3) is 0.429. The molecular formula is C28H33FN4O. The van der Waals surface area contributed by atoms with Gasteiger partial charge in [-0.2, -0.15) is 0 Å². The van der Waals surface area contributed by atoms with E-state index >= 15 is 0 Å². The number of amides is 1. The van der Waals surface area contributed by atoms with Crippen LogP contribution < -0.4 is 5.32 Å². The quantitative estimate of drug-likeness (QED) is 0.548. The number of carbonyl (C=O) groups is 1. The minimum atomic E-state index is -0.366. The van der Waals surface area contributed by atoms with Gasteiger partial charge in [0.25, 0.3) is 5.91 Å². The smallest absolute Gasteiger partial charge is 0.252 e. The standard InChI is InChI=1S/C28H33FN4O/c29-23-10-11-26-24(18-23)25(28(34)30-12-17-32-13-4-5-14-32)19-27(31-26)22-8-6-21(7-9-22)20-33-15-2-1-3-16-33/h6-11,18-19H,1-5,12-17,20H2,(H,30,34). The van der Waals surface area contributed by atoms with Crippen molar-refractivity contribution in [2.24, 2.45) is 0 Å². The van der Waals surface area contributed by atoms with Gasteiger partial charge in [-0.3, -0.25) is 9.69 Å². The summed E-state index contributed by atoms with van der Waals surface area (Å²) in [6, 6.07) is 14.7. The number of hydrogen-bond acceptors (Lipinski definition) is 4. The van der Waals surface area contributed by atoms with Crippen LogP contribution in [0.2, 0.25) is 0 Å². The van der Waals surface area contributed by atoms with Gasteiger partial charge >= 0.3 is 0 Å². The number of benzene rings is 2. The molecule has 2 aliphatic heterocycles. The first kappa shape index (κ1) is 22.9. The second-order valence-electron chi connectivity index (χ2n) is 9.55. The van der Waals surface area contributed by atoms with Crippen molar-refractivity contribution in [1.82, 2.24) is 20.1 Å². The second-order valence-corrected chi connectivity index (χ2v) is 9.55. The van der Waals surface area contributed by atoms with Gasteiger partial charge < -0.3 is 10.2 Å². The predicted molar refractivity (Wildman–Crippen MR) is 134 cm³/mol. The molecule has 5 nitrogen and oxygen atoms in total. The Morgan fingerprint density at radius 3 is 2.35 bits per heavy atom. The number of nitrogens with one attached hydrogen (secondary N) is 1. The first-order chi connectivity index (χ1) is 16.7. The lowest BCUT2D eigenvalue weighted by molar-refractivity contribution is 0.0951. The topological polar surface area (TPSA) is 48.5 Å². The maximum Gasteiger partial charge on any atom is 0.252 e. The van der Waals surface area contributed by atoms with Crippen LogP contribution in [0.15, 0.2) is 48.5 Å². The Balaban J connectivity index is 1.36. The fourth-order valence-electron chi connectivity index (χ4n) is 5.12. The van der Waals surface area contributed by atoms with E-state index in [1.807, 2.05) is 0 Å². The zero-order chi connectivity index (χ0) is 23.3. The van der Waals surface area contributed by atoms with Crippen molar-refractivity contribution >= 4 is 16.8 Å². The summed E-state index contributed by atoms with van der Waals surface area (Å²) in [5.74, 6) is -0.546. The number of aromatic nitrogens is 1. The first-order valence-corrected chi connectivity index (χ1v) is 12.6. The number of piperidine rings is 1. The van der Waals surface area contributed by atoms with Crippen LogP contribution in [0.1, 0.15) is 48.0 Å².